The van der Waals surface area contributed by atoms with Gasteiger partial charge in [-0.05, 0) is 38.8 Å². The van der Waals surface area contributed by atoms with Gasteiger partial charge in [-0.3, -0.25) is 14.4 Å². The number of anilines is 1. The van der Waals surface area contributed by atoms with E-state index >= 15 is 0 Å². The number of hydrogen-bond donors (Lipinski definition) is 1. The van der Waals surface area contributed by atoms with E-state index in [0.29, 0.717) is 18.7 Å². The summed E-state index contributed by atoms with van der Waals surface area (Å²) in [6.07, 6.45) is 4.89. The van der Waals surface area contributed by atoms with Gasteiger partial charge in [-0.25, -0.2) is 0 Å². The third kappa shape index (κ3) is 4.87. The lowest BCUT2D eigenvalue weighted by Gasteiger charge is -2.40. The molecule has 3 heterocycles. The highest BCUT2D eigenvalue weighted by Crippen LogP contribution is 2.61. The maximum atomic E-state index is 14.4. The fourth-order valence-electron chi connectivity index (χ4n) is 6.79. The molecule has 0 aliphatic carbocycles. The fourth-order valence-corrected chi connectivity index (χ4v) is 7.73. The molecule has 212 valence electrons. The number of nitrogens with zero attached hydrogens (tertiary/aromatic N) is 3. The van der Waals surface area contributed by atoms with Crippen LogP contribution in [0.5, 0.6) is 0 Å². The van der Waals surface area contributed by atoms with Crippen molar-refractivity contribution in [2.45, 2.75) is 74.7 Å². The first kappa shape index (κ1) is 29.5. The summed E-state index contributed by atoms with van der Waals surface area (Å²) in [5.74, 6) is -2.41. The number of carbonyl (C=O) groups is 3. The van der Waals surface area contributed by atoms with Crippen LogP contribution >= 0.6 is 15.9 Å². The number of carbonyl (C=O) groups excluding carboxylic acids is 3. The Morgan fingerprint density at radius 1 is 1.21 bits per heavy atom. The Balaban J connectivity index is 1.80. The quantitative estimate of drug-likeness (QED) is 0.292. The van der Waals surface area contributed by atoms with Crippen LogP contribution in [0.3, 0.4) is 0 Å². The smallest absolute Gasteiger partial charge is 0.248 e. The van der Waals surface area contributed by atoms with E-state index in [4.69, 9.17) is 4.74 Å². The van der Waals surface area contributed by atoms with Crippen molar-refractivity contribution in [3.63, 3.8) is 0 Å². The van der Waals surface area contributed by atoms with Gasteiger partial charge in [0.15, 0.2) is 0 Å². The van der Waals surface area contributed by atoms with E-state index in [-0.39, 0.29) is 41.7 Å². The van der Waals surface area contributed by atoms with E-state index in [2.05, 4.69) is 36.0 Å². The Bertz CT molecular complexity index is 1100. The predicted molar refractivity (Wildman–Crippen MR) is 154 cm³/mol. The summed E-state index contributed by atoms with van der Waals surface area (Å²) in [5.41, 5.74) is -0.479. The Hall–Kier alpha value is -2.49. The number of halogens is 1. The number of aliphatic hydroxyl groups is 1. The zero-order valence-corrected chi connectivity index (χ0v) is 24.6. The SMILES string of the molecule is C=CCN(C(=O)[C@H]1[C@@H]2OC3(CC2Br)C(C(=O)N(CC=C)C(C)CCC)N([C@H](C)CO)C(=O)[C@H]13)c1ccccc1. The van der Waals surface area contributed by atoms with Crippen molar-refractivity contribution in [3.05, 3.63) is 55.6 Å². The molecule has 4 unspecified atom stereocenters. The molecule has 3 amide bonds. The van der Waals surface area contributed by atoms with Gasteiger partial charge in [0.2, 0.25) is 17.7 Å². The van der Waals surface area contributed by atoms with E-state index in [1.165, 1.54) is 4.90 Å². The standard InChI is InChI=1S/C30H40BrN3O5/c1-6-12-19(4)32(15-7-2)29(38)26-30-17-22(31)25(39-30)23(24(30)28(37)34(26)20(5)18-35)27(36)33(16-8-3)21-13-10-9-11-14-21/h7-11,13-14,19-20,22-26,35H,2-3,6,12,15-18H2,1,4-5H3/t19?,20-,22?,23-,24+,25-,26?,30?/m1/s1. The average Bonchev–Trinajstić information content (AvgIpc) is 3.53. The molecule has 8 nitrogen and oxygen atoms in total. The second-order valence-electron chi connectivity index (χ2n) is 10.9. The van der Waals surface area contributed by atoms with E-state index in [9.17, 15) is 19.5 Å². The van der Waals surface area contributed by atoms with Gasteiger partial charge < -0.3 is 24.5 Å². The normalized spacial score (nSPS) is 30.5. The summed E-state index contributed by atoms with van der Waals surface area (Å²) in [4.78, 5) is 47.6. The number of benzene rings is 1. The van der Waals surface area contributed by atoms with Crippen LogP contribution in [-0.4, -0.2) is 87.0 Å². The molecule has 8 atom stereocenters. The molecule has 2 bridgehead atoms. The Kier molecular flexibility index (Phi) is 9.03. The van der Waals surface area contributed by atoms with Gasteiger partial charge in [0.25, 0.3) is 0 Å². The number of hydrogen-bond acceptors (Lipinski definition) is 5. The maximum absolute atomic E-state index is 14.4. The number of ether oxygens (including phenoxy) is 1. The number of fused-ring (bicyclic) bond motifs is 1. The molecule has 9 heteroatoms. The van der Waals surface area contributed by atoms with Crippen molar-refractivity contribution in [2.75, 3.05) is 24.6 Å². The second kappa shape index (κ2) is 11.9. The van der Waals surface area contributed by atoms with Crippen LogP contribution in [-0.2, 0) is 19.1 Å². The minimum Gasteiger partial charge on any atom is -0.394 e. The summed E-state index contributed by atoms with van der Waals surface area (Å²) in [7, 11) is 0. The fraction of sp³-hybridized carbons (Fsp3) is 0.567. The lowest BCUT2D eigenvalue weighted by molar-refractivity contribution is -0.152. The van der Waals surface area contributed by atoms with Crippen LogP contribution in [0.4, 0.5) is 5.69 Å². The Labute approximate surface area is 239 Å². The number of para-hydroxylation sites is 1. The third-order valence-electron chi connectivity index (χ3n) is 8.48. The summed E-state index contributed by atoms with van der Waals surface area (Å²) >= 11 is 3.74. The summed E-state index contributed by atoms with van der Waals surface area (Å²) < 4.78 is 6.65. The zero-order valence-electron chi connectivity index (χ0n) is 23.0. The number of likely N-dealkylation sites (tertiary alicyclic amines) is 1. The summed E-state index contributed by atoms with van der Waals surface area (Å²) in [6.45, 7) is 13.8. The molecule has 1 spiro atoms. The number of amides is 3. The highest BCUT2D eigenvalue weighted by atomic mass is 79.9. The molecule has 3 saturated heterocycles. The van der Waals surface area contributed by atoms with E-state index < -0.39 is 35.6 Å². The van der Waals surface area contributed by atoms with Crippen molar-refractivity contribution in [2.24, 2.45) is 11.8 Å². The lowest BCUT2D eigenvalue weighted by Crippen LogP contribution is -2.60. The zero-order chi connectivity index (χ0) is 28.5. The predicted octanol–water partition coefficient (Wildman–Crippen LogP) is 3.54. The summed E-state index contributed by atoms with van der Waals surface area (Å²) in [5, 5.41) is 10.1. The second-order valence-corrected chi connectivity index (χ2v) is 12.1. The molecule has 3 aliphatic heterocycles. The molecule has 0 aromatic heterocycles. The third-order valence-corrected chi connectivity index (χ3v) is 9.32. The minimum absolute atomic E-state index is 0.0747. The van der Waals surface area contributed by atoms with Gasteiger partial charge in [-0.2, -0.15) is 0 Å². The Morgan fingerprint density at radius 2 is 1.87 bits per heavy atom. The van der Waals surface area contributed by atoms with Crippen LogP contribution in [0.25, 0.3) is 0 Å². The van der Waals surface area contributed by atoms with Gasteiger partial charge in [0.05, 0.1) is 30.6 Å². The maximum Gasteiger partial charge on any atom is 0.248 e. The van der Waals surface area contributed by atoms with Gasteiger partial charge in [0, 0.05) is 29.6 Å². The largest absolute Gasteiger partial charge is 0.394 e. The van der Waals surface area contributed by atoms with Crippen molar-refractivity contribution in [1.29, 1.82) is 0 Å². The van der Waals surface area contributed by atoms with Crippen molar-refractivity contribution in [1.82, 2.24) is 9.80 Å². The van der Waals surface area contributed by atoms with Crippen molar-refractivity contribution >= 4 is 39.3 Å². The molecule has 1 aromatic rings. The van der Waals surface area contributed by atoms with Crippen LogP contribution in [0, 0.1) is 11.8 Å². The molecular weight excluding hydrogens is 562 g/mol. The molecule has 1 aromatic carbocycles. The minimum atomic E-state index is -1.18. The van der Waals surface area contributed by atoms with E-state index in [1.54, 1.807) is 28.9 Å². The molecule has 3 fully saturated rings. The van der Waals surface area contributed by atoms with E-state index in [0.717, 1.165) is 12.8 Å². The number of aliphatic hydroxyl groups excluding tert-OH is 1. The van der Waals surface area contributed by atoms with Crippen LogP contribution in [0.15, 0.2) is 55.6 Å². The van der Waals surface area contributed by atoms with Crippen molar-refractivity contribution < 1.29 is 24.2 Å². The Morgan fingerprint density at radius 3 is 2.46 bits per heavy atom. The topological polar surface area (TPSA) is 90.4 Å². The molecule has 0 radical (unpaired) electrons. The van der Waals surface area contributed by atoms with Crippen LogP contribution in [0.1, 0.15) is 40.0 Å². The average molecular weight is 603 g/mol. The van der Waals surface area contributed by atoms with Gasteiger partial charge in [-0.15, -0.1) is 13.2 Å². The first-order valence-corrected chi connectivity index (χ1v) is 14.7. The highest BCUT2D eigenvalue weighted by molar-refractivity contribution is 9.09. The first-order valence-electron chi connectivity index (χ1n) is 13.8. The number of alkyl halides is 1. The molecular formula is C30H40BrN3O5. The number of rotatable bonds is 12. The molecule has 3 aliphatic rings. The van der Waals surface area contributed by atoms with Crippen LogP contribution < -0.4 is 4.90 Å². The van der Waals surface area contributed by atoms with Gasteiger partial charge >= 0.3 is 0 Å². The van der Waals surface area contributed by atoms with Crippen LogP contribution in [0.2, 0.25) is 0 Å². The highest BCUT2D eigenvalue weighted by Gasteiger charge is 2.77. The monoisotopic (exact) mass is 601 g/mol. The van der Waals surface area contributed by atoms with Crippen molar-refractivity contribution in [3.8, 4) is 0 Å². The molecule has 4 rings (SSSR count). The van der Waals surface area contributed by atoms with Gasteiger partial charge in [-0.1, -0.05) is 59.6 Å². The molecule has 39 heavy (non-hydrogen) atoms. The summed E-state index contributed by atoms with van der Waals surface area (Å²) in [6, 6.07) is 7.64. The molecule has 1 N–H and O–H groups in total. The molecule has 0 saturated carbocycles. The van der Waals surface area contributed by atoms with E-state index in [1.807, 2.05) is 37.3 Å². The first-order chi connectivity index (χ1) is 18.7. The lowest BCUT2D eigenvalue weighted by atomic mass is 9.70. The van der Waals surface area contributed by atoms with Gasteiger partial charge in [0.1, 0.15) is 11.6 Å².